The van der Waals surface area contributed by atoms with Crippen molar-refractivity contribution in [3.05, 3.63) is 60.2 Å². The molecule has 27 heavy (non-hydrogen) atoms. The highest BCUT2D eigenvalue weighted by Gasteiger charge is 2.37. The van der Waals surface area contributed by atoms with E-state index in [1.165, 1.54) is 0 Å². The number of rotatable bonds is 5. The van der Waals surface area contributed by atoms with Gasteiger partial charge in [-0.25, -0.2) is 0 Å². The number of amides is 2. The number of H-pyrrole nitrogens is 1. The van der Waals surface area contributed by atoms with Crippen LogP contribution in [0.25, 0.3) is 10.9 Å². The lowest BCUT2D eigenvalue weighted by molar-refractivity contribution is -0.127. The monoisotopic (exact) mass is 364 g/mol. The summed E-state index contributed by atoms with van der Waals surface area (Å²) in [5.41, 5.74) is 1.67. The van der Waals surface area contributed by atoms with E-state index in [1.807, 2.05) is 54.6 Å². The minimum absolute atomic E-state index is 0.125. The van der Waals surface area contributed by atoms with E-state index in [2.05, 4.69) is 15.5 Å². The zero-order valence-corrected chi connectivity index (χ0v) is 14.6. The molecule has 4 rings (SSSR count). The van der Waals surface area contributed by atoms with Gasteiger partial charge in [0.1, 0.15) is 0 Å². The van der Waals surface area contributed by atoms with Crippen molar-refractivity contribution in [2.75, 3.05) is 18.1 Å². The zero-order chi connectivity index (χ0) is 18.8. The van der Waals surface area contributed by atoms with Crippen LogP contribution in [0.1, 0.15) is 18.0 Å². The molecule has 1 aliphatic heterocycles. The van der Waals surface area contributed by atoms with E-state index >= 15 is 0 Å². The average molecular weight is 364 g/mol. The van der Waals surface area contributed by atoms with E-state index in [9.17, 15) is 14.7 Å². The number of aromatic nitrogens is 2. The third-order valence-corrected chi connectivity index (χ3v) is 4.90. The van der Waals surface area contributed by atoms with Gasteiger partial charge in [-0.05, 0) is 17.7 Å². The molecule has 0 unspecified atom stereocenters. The first-order valence-corrected chi connectivity index (χ1v) is 8.87. The number of aliphatic hydroxyl groups is 1. The summed E-state index contributed by atoms with van der Waals surface area (Å²) in [5.74, 6) is -0.306. The quantitative estimate of drug-likeness (QED) is 0.642. The number of aliphatic hydroxyl groups excluding tert-OH is 1. The second-order valence-corrected chi connectivity index (χ2v) is 6.65. The van der Waals surface area contributed by atoms with Gasteiger partial charge in [0.2, 0.25) is 11.8 Å². The first-order chi connectivity index (χ1) is 13.2. The molecule has 0 bridgehead atoms. The van der Waals surface area contributed by atoms with Crippen molar-refractivity contribution in [3.8, 4) is 0 Å². The van der Waals surface area contributed by atoms with E-state index in [-0.39, 0.29) is 31.4 Å². The molecule has 2 atom stereocenters. The molecular formula is C20H20N4O3. The lowest BCUT2D eigenvalue weighted by Crippen LogP contribution is -2.37. The normalized spacial score (nSPS) is 18.0. The van der Waals surface area contributed by atoms with Gasteiger partial charge in [-0.3, -0.25) is 19.6 Å². The number of carbonyl (C=O) groups is 2. The molecule has 7 heteroatoms. The highest BCUT2D eigenvalue weighted by atomic mass is 16.3. The summed E-state index contributed by atoms with van der Waals surface area (Å²) in [5, 5.41) is 20.5. The van der Waals surface area contributed by atoms with E-state index in [1.54, 1.807) is 4.90 Å². The predicted molar refractivity (Wildman–Crippen MR) is 101 cm³/mol. The number of benzene rings is 2. The second kappa shape index (κ2) is 7.20. The van der Waals surface area contributed by atoms with Gasteiger partial charge in [-0.1, -0.05) is 42.5 Å². The highest BCUT2D eigenvalue weighted by Crippen LogP contribution is 2.30. The van der Waals surface area contributed by atoms with E-state index in [0.717, 1.165) is 16.5 Å². The van der Waals surface area contributed by atoms with Crippen molar-refractivity contribution in [1.82, 2.24) is 15.5 Å². The van der Waals surface area contributed by atoms with Crippen molar-refractivity contribution in [2.24, 2.45) is 5.92 Å². The minimum Gasteiger partial charge on any atom is -0.394 e. The van der Waals surface area contributed by atoms with Gasteiger partial charge in [-0.15, -0.1) is 0 Å². The Labute approximate surface area is 156 Å². The fourth-order valence-corrected chi connectivity index (χ4v) is 3.45. The number of nitrogens with one attached hydrogen (secondary N) is 2. The van der Waals surface area contributed by atoms with E-state index < -0.39 is 12.0 Å². The topological polar surface area (TPSA) is 98.3 Å². The average Bonchev–Trinajstić information content (AvgIpc) is 3.30. The van der Waals surface area contributed by atoms with Gasteiger partial charge in [0, 0.05) is 18.4 Å². The summed E-state index contributed by atoms with van der Waals surface area (Å²) in [6.07, 6.45) is 0.125. The molecule has 0 spiro atoms. The second-order valence-electron chi connectivity index (χ2n) is 6.65. The first-order valence-electron chi connectivity index (χ1n) is 8.87. The molecule has 2 amide bonds. The Hall–Kier alpha value is -3.19. The summed E-state index contributed by atoms with van der Waals surface area (Å²) in [6, 6.07) is 16.4. The largest absolute Gasteiger partial charge is 0.394 e. The Balaban J connectivity index is 1.49. The van der Waals surface area contributed by atoms with Crippen molar-refractivity contribution in [1.29, 1.82) is 0 Å². The molecule has 1 saturated heterocycles. The summed E-state index contributed by atoms with van der Waals surface area (Å²) >= 11 is 0. The number of aromatic amines is 1. The van der Waals surface area contributed by atoms with Crippen LogP contribution >= 0.6 is 0 Å². The summed E-state index contributed by atoms with van der Waals surface area (Å²) in [4.78, 5) is 26.7. The molecule has 138 valence electrons. The predicted octanol–water partition coefficient (Wildman–Crippen LogP) is 1.77. The van der Waals surface area contributed by atoms with Crippen molar-refractivity contribution in [3.63, 3.8) is 0 Å². The first kappa shape index (κ1) is 17.2. The fourth-order valence-electron chi connectivity index (χ4n) is 3.45. The molecule has 1 aliphatic rings. The molecule has 3 N–H and O–H groups in total. The Morgan fingerprint density at radius 1 is 1.22 bits per heavy atom. The van der Waals surface area contributed by atoms with Crippen LogP contribution in [-0.4, -0.2) is 40.3 Å². The smallest absolute Gasteiger partial charge is 0.229 e. The molecule has 0 aliphatic carbocycles. The third-order valence-electron chi connectivity index (χ3n) is 4.90. The van der Waals surface area contributed by atoms with Crippen LogP contribution in [0, 0.1) is 5.92 Å². The minimum atomic E-state index is -0.492. The highest BCUT2D eigenvalue weighted by molar-refractivity contribution is 6.05. The number of carbonyl (C=O) groups excluding carboxylic acids is 2. The third kappa shape index (κ3) is 3.29. The number of anilines is 1. The van der Waals surface area contributed by atoms with Crippen LogP contribution in [0.3, 0.4) is 0 Å². The summed E-state index contributed by atoms with van der Waals surface area (Å²) in [6.45, 7) is 0.0661. The van der Waals surface area contributed by atoms with Crippen molar-refractivity contribution in [2.45, 2.75) is 12.5 Å². The van der Waals surface area contributed by atoms with Crippen LogP contribution in [0.2, 0.25) is 0 Å². The number of para-hydroxylation sites is 1. The molecule has 1 fully saturated rings. The van der Waals surface area contributed by atoms with Crippen LogP contribution in [0.5, 0.6) is 0 Å². The molecule has 3 aromatic rings. The SMILES string of the molecule is O=C(N[C@H](CO)c1ccccc1)[C@H]1CC(=O)N(c2n[nH]c3ccccc23)C1. The molecular weight excluding hydrogens is 344 g/mol. The maximum absolute atomic E-state index is 12.7. The van der Waals surface area contributed by atoms with E-state index in [0.29, 0.717) is 5.82 Å². The Morgan fingerprint density at radius 3 is 2.74 bits per heavy atom. The molecule has 1 aromatic heterocycles. The van der Waals surface area contributed by atoms with Gasteiger partial charge in [0.25, 0.3) is 0 Å². The standard InChI is InChI=1S/C20H20N4O3/c25-12-17(13-6-2-1-3-7-13)21-20(27)14-10-18(26)24(11-14)19-15-8-4-5-9-16(15)22-23-19/h1-9,14,17,25H,10-12H2,(H,21,27)(H,22,23)/t14-,17+/m0/s1. The van der Waals surface area contributed by atoms with Crippen molar-refractivity contribution >= 4 is 28.5 Å². The molecule has 7 nitrogen and oxygen atoms in total. The Kier molecular flexibility index (Phi) is 4.60. The van der Waals surface area contributed by atoms with E-state index in [4.69, 9.17) is 0 Å². The van der Waals surface area contributed by atoms with Gasteiger partial charge in [0.05, 0.1) is 24.1 Å². The Morgan fingerprint density at radius 2 is 1.96 bits per heavy atom. The van der Waals surface area contributed by atoms with Gasteiger partial charge >= 0.3 is 0 Å². The van der Waals surface area contributed by atoms with Gasteiger partial charge in [-0.2, -0.15) is 5.10 Å². The number of hydrogen-bond acceptors (Lipinski definition) is 4. The summed E-state index contributed by atoms with van der Waals surface area (Å²) in [7, 11) is 0. The van der Waals surface area contributed by atoms with Crippen LogP contribution in [-0.2, 0) is 9.59 Å². The summed E-state index contributed by atoms with van der Waals surface area (Å²) < 4.78 is 0. The molecule has 2 aromatic carbocycles. The maximum Gasteiger partial charge on any atom is 0.229 e. The number of fused-ring (bicyclic) bond motifs is 1. The lowest BCUT2D eigenvalue weighted by Gasteiger charge is -2.19. The Bertz CT molecular complexity index is 970. The van der Waals surface area contributed by atoms with Gasteiger partial charge < -0.3 is 10.4 Å². The molecule has 0 radical (unpaired) electrons. The number of nitrogens with zero attached hydrogens (tertiary/aromatic N) is 2. The maximum atomic E-state index is 12.7. The van der Waals surface area contributed by atoms with Crippen LogP contribution in [0.4, 0.5) is 5.82 Å². The van der Waals surface area contributed by atoms with Crippen molar-refractivity contribution < 1.29 is 14.7 Å². The fraction of sp³-hybridized carbons (Fsp3) is 0.250. The molecule has 2 heterocycles. The lowest BCUT2D eigenvalue weighted by atomic mass is 10.0. The zero-order valence-electron chi connectivity index (χ0n) is 14.6. The van der Waals surface area contributed by atoms with Crippen LogP contribution < -0.4 is 10.2 Å². The number of hydrogen-bond donors (Lipinski definition) is 3. The molecule has 0 saturated carbocycles. The van der Waals surface area contributed by atoms with Gasteiger partial charge in [0.15, 0.2) is 5.82 Å². The van der Waals surface area contributed by atoms with Crippen LogP contribution in [0.15, 0.2) is 54.6 Å².